The van der Waals surface area contributed by atoms with Gasteiger partial charge in [-0.15, -0.1) is 0 Å². The van der Waals surface area contributed by atoms with E-state index in [9.17, 15) is 0 Å². The Morgan fingerprint density at radius 3 is 1.50 bits per heavy atom. The van der Waals surface area contributed by atoms with Gasteiger partial charge in [0.2, 0.25) is 0 Å². The molecule has 0 amide bonds. The minimum atomic E-state index is 0.195. The number of hydrogen-bond donors (Lipinski definition) is 0. The third-order valence-electron chi connectivity index (χ3n) is 10.7. The van der Waals surface area contributed by atoms with Gasteiger partial charge in [0.25, 0.3) is 0 Å². The van der Waals surface area contributed by atoms with E-state index in [4.69, 9.17) is 9.47 Å². The van der Waals surface area contributed by atoms with Crippen molar-refractivity contribution in [1.82, 2.24) is 0 Å². The zero-order valence-electron chi connectivity index (χ0n) is 13.7. The fraction of sp³-hybridized carbons (Fsp3) is 1.00. The number of fused-ring (bicyclic) bond motifs is 4. The quantitative estimate of drug-likeness (QED) is 0.588. The minimum Gasteiger partial charge on any atom is -0.370 e. The summed E-state index contributed by atoms with van der Waals surface area (Å²) in [6.45, 7) is 0. The summed E-state index contributed by atoms with van der Waals surface area (Å²) >= 11 is 7.98. The molecule has 0 spiro atoms. The monoisotopic (exact) mass is 454 g/mol. The molecule has 4 heteroatoms. The van der Waals surface area contributed by atoms with Crippen LogP contribution in [0.4, 0.5) is 0 Å². The van der Waals surface area contributed by atoms with Crippen LogP contribution in [0.3, 0.4) is 0 Å². The molecule has 0 bridgehead atoms. The van der Waals surface area contributed by atoms with E-state index >= 15 is 0 Å². The molecule has 8 rings (SSSR count). The molecule has 24 heavy (non-hydrogen) atoms. The molecule has 6 saturated carbocycles. The van der Waals surface area contributed by atoms with Gasteiger partial charge in [0.1, 0.15) is 0 Å². The number of hydrogen-bond acceptors (Lipinski definition) is 2. The Balaban J connectivity index is 1.44. The highest BCUT2D eigenvalue weighted by Crippen LogP contribution is 2.86. The molecule has 0 N–H and O–H groups in total. The van der Waals surface area contributed by atoms with E-state index in [0.29, 0.717) is 12.2 Å². The van der Waals surface area contributed by atoms with E-state index in [1.807, 2.05) is 0 Å². The summed E-state index contributed by atoms with van der Waals surface area (Å²) < 4.78 is 14.1. The van der Waals surface area contributed by atoms with Gasteiger partial charge in [0.15, 0.2) is 0 Å². The van der Waals surface area contributed by atoms with E-state index in [2.05, 4.69) is 31.9 Å². The largest absolute Gasteiger partial charge is 0.370 e. The Hall–Kier alpha value is 0.880. The maximum Gasteiger partial charge on any atom is 0.0850 e. The van der Waals surface area contributed by atoms with Gasteiger partial charge in [-0.2, -0.15) is 0 Å². The smallest absolute Gasteiger partial charge is 0.0850 e. The topological polar surface area (TPSA) is 18.5 Å². The first-order valence-electron chi connectivity index (χ1n) is 10.2. The maximum atomic E-state index is 7.06. The van der Waals surface area contributed by atoms with Crippen LogP contribution in [0.25, 0.3) is 0 Å². The Bertz CT molecular complexity index is 614. The summed E-state index contributed by atoms with van der Waals surface area (Å²) in [5.41, 5.74) is 0.390. The third-order valence-corrected chi connectivity index (χ3v) is 12.4. The SMILES string of the molecule is BrC[C@]12O[C@H]3CC[C@H]4[C@@H]3[C@@H]1[C@@H]1[C@H]3[C@H]5[C@@H]6[C@@H](CC[C@@H]6O[C@@]5(CBr)[C@@H]41)[C@H]32. The van der Waals surface area contributed by atoms with E-state index in [1.54, 1.807) is 0 Å². The van der Waals surface area contributed by atoms with Gasteiger partial charge in [-0.05, 0) is 84.9 Å². The fourth-order valence-corrected chi connectivity index (χ4v) is 12.8. The second kappa shape index (κ2) is 3.86. The summed E-state index contributed by atoms with van der Waals surface area (Å²) in [6, 6.07) is 0. The minimum absolute atomic E-state index is 0.195. The highest BCUT2D eigenvalue weighted by atomic mass is 79.9. The van der Waals surface area contributed by atoms with E-state index in [-0.39, 0.29) is 11.2 Å². The molecule has 0 aromatic carbocycles. The molecule has 130 valence electrons. The van der Waals surface area contributed by atoms with Gasteiger partial charge in [-0.25, -0.2) is 0 Å². The molecular weight excluding hydrogens is 432 g/mol. The molecular formula is C20H24Br2O2. The average Bonchev–Trinajstić information content (AvgIpc) is 3.36. The molecule has 14 atom stereocenters. The van der Waals surface area contributed by atoms with Crippen molar-refractivity contribution in [2.75, 3.05) is 10.7 Å². The zero-order valence-corrected chi connectivity index (χ0v) is 16.9. The summed E-state index contributed by atoms with van der Waals surface area (Å²) in [4.78, 5) is 0. The molecule has 0 aromatic rings. The summed E-state index contributed by atoms with van der Waals surface area (Å²) in [5.74, 6) is 8.72. The van der Waals surface area contributed by atoms with Crippen LogP contribution in [0, 0.1) is 59.2 Å². The maximum absolute atomic E-state index is 7.06. The van der Waals surface area contributed by atoms with Crippen molar-refractivity contribution in [1.29, 1.82) is 0 Å². The molecule has 2 saturated heterocycles. The van der Waals surface area contributed by atoms with Gasteiger partial charge in [-0.1, -0.05) is 31.9 Å². The first-order valence-corrected chi connectivity index (χ1v) is 12.5. The fourth-order valence-electron chi connectivity index (χ4n) is 11.1. The van der Waals surface area contributed by atoms with Crippen molar-refractivity contribution >= 4 is 31.9 Å². The van der Waals surface area contributed by atoms with Crippen LogP contribution in [-0.2, 0) is 9.47 Å². The highest BCUT2D eigenvalue weighted by molar-refractivity contribution is 9.09. The lowest BCUT2D eigenvalue weighted by molar-refractivity contribution is -0.105. The van der Waals surface area contributed by atoms with Crippen LogP contribution < -0.4 is 0 Å². The molecule has 0 aromatic heterocycles. The summed E-state index contributed by atoms with van der Waals surface area (Å²) in [7, 11) is 0. The summed E-state index contributed by atoms with van der Waals surface area (Å²) in [6.07, 6.45) is 6.61. The molecule has 8 aliphatic rings. The number of rotatable bonds is 2. The number of ether oxygens (including phenoxy) is 2. The Labute approximate surface area is 160 Å². The number of halogens is 2. The summed E-state index contributed by atoms with van der Waals surface area (Å²) in [5, 5.41) is 2.19. The second-order valence-electron chi connectivity index (χ2n) is 10.4. The van der Waals surface area contributed by atoms with Crippen molar-refractivity contribution in [2.24, 2.45) is 59.2 Å². The first-order chi connectivity index (χ1) is 11.8. The van der Waals surface area contributed by atoms with Gasteiger partial charge in [0.05, 0.1) is 23.4 Å². The van der Waals surface area contributed by atoms with Crippen molar-refractivity contribution in [2.45, 2.75) is 49.1 Å². The van der Waals surface area contributed by atoms with Crippen LogP contribution >= 0.6 is 31.9 Å². The van der Waals surface area contributed by atoms with Crippen LogP contribution in [-0.4, -0.2) is 34.1 Å². The molecule has 2 nitrogen and oxygen atoms in total. The van der Waals surface area contributed by atoms with Crippen LogP contribution in [0.5, 0.6) is 0 Å². The Morgan fingerprint density at radius 2 is 1.08 bits per heavy atom. The Kier molecular flexibility index (Phi) is 2.25. The number of alkyl halides is 2. The predicted molar refractivity (Wildman–Crippen MR) is 96.2 cm³/mol. The third kappa shape index (κ3) is 1.03. The standard InChI is InChI=1S/C20H24Br2O2/c21-5-19-15-7-1-3-9-11(7)17-13(15)14-16(20(17,6-22)23-9)8-2-4-10(24-19)12(8)18(14)19/h7-18H,1-6H2/t7-,8+,9-,10-,11-,12+,13+,14+,15-,16+,17+,18+,19-,20+/m0/s1. The van der Waals surface area contributed by atoms with E-state index in [1.165, 1.54) is 25.7 Å². The van der Waals surface area contributed by atoms with Crippen molar-refractivity contribution in [3.05, 3.63) is 0 Å². The van der Waals surface area contributed by atoms with Crippen LogP contribution in [0.1, 0.15) is 25.7 Å². The van der Waals surface area contributed by atoms with E-state index in [0.717, 1.165) is 69.8 Å². The molecule has 8 fully saturated rings. The van der Waals surface area contributed by atoms with Gasteiger partial charge in [0, 0.05) is 10.7 Å². The lowest BCUT2D eigenvalue weighted by Gasteiger charge is -2.39. The predicted octanol–water partition coefficient (Wildman–Crippen LogP) is 3.86. The molecule has 0 unspecified atom stereocenters. The van der Waals surface area contributed by atoms with Crippen LogP contribution in [0.2, 0.25) is 0 Å². The molecule has 2 aliphatic heterocycles. The average molecular weight is 456 g/mol. The van der Waals surface area contributed by atoms with Gasteiger partial charge in [-0.3, -0.25) is 0 Å². The van der Waals surface area contributed by atoms with Crippen molar-refractivity contribution < 1.29 is 9.47 Å². The zero-order chi connectivity index (χ0) is 15.6. The van der Waals surface area contributed by atoms with Crippen molar-refractivity contribution in [3.8, 4) is 0 Å². The first kappa shape index (κ1) is 14.0. The normalized spacial score (nSPS) is 77.2. The van der Waals surface area contributed by atoms with Crippen molar-refractivity contribution in [3.63, 3.8) is 0 Å². The van der Waals surface area contributed by atoms with E-state index < -0.39 is 0 Å². The van der Waals surface area contributed by atoms with Crippen LogP contribution in [0.15, 0.2) is 0 Å². The van der Waals surface area contributed by atoms with Gasteiger partial charge >= 0.3 is 0 Å². The molecule has 6 aliphatic carbocycles. The molecule has 2 heterocycles. The Morgan fingerprint density at radius 1 is 0.625 bits per heavy atom. The lowest BCUT2D eigenvalue weighted by atomic mass is 9.72. The lowest BCUT2D eigenvalue weighted by Crippen LogP contribution is -2.46. The van der Waals surface area contributed by atoms with Gasteiger partial charge < -0.3 is 9.47 Å². The second-order valence-corrected chi connectivity index (χ2v) is 11.5. The highest BCUT2D eigenvalue weighted by Gasteiger charge is 2.89. The molecule has 0 radical (unpaired) electrons.